The van der Waals surface area contributed by atoms with Gasteiger partial charge in [-0.25, -0.2) is 4.98 Å². The molecule has 0 spiro atoms. The maximum absolute atomic E-state index is 12.0. The molecule has 0 unspecified atom stereocenters. The molecule has 0 aliphatic carbocycles. The summed E-state index contributed by atoms with van der Waals surface area (Å²) in [7, 11) is 1.59. The largest absolute Gasteiger partial charge is 0.375 e. The zero-order valence-corrected chi connectivity index (χ0v) is 12.6. The van der Waals surface area contributed by atoms with Gasteiger partial charge in [0.1, 0.15) is 5.69 Å². The van der Waals surface area contributed by atoms with Crippen LogP contribution in [0.25, 0.3) is 0 Å². The summed E-state index contributed by atoms with van der Waals surface area (Å²) in [6.45, 7) is 2.14. The van der Waals surface area contributed by atoms with E-state index in [1.807, 2.05) is 25.1 Å². The minimum atomic E-state index is -0.286. The topological polar surface area (TPSA) is 64.1 Å². The number of hydrogen-bond donors (Lipinski definition) is 1. The lowest BCUT2D eigenvalue weighted by molar-refractivity contribution is 0.0824. The number of nitrogens with one attached hydrogen (secondary N) is 1. The third kappa shape index (κ3) is 4.24. The number of aromatic nitrogens is 2. The summed E-state index contributed by atoms with van der Waals surface area (Å²) in [6.07, 6.45) is 2.73. The Morgan fingerprint density at radius 2 is 2.19 bits per heavy atom. The minimum Gasteiger partial charge on any atom is -0.375 e. The van der Waals surface area contributed by atoms with Gasteiger partial charge < -0.3 is 10.1 Å². The first-order chi connectivity index (χ1) is 10.1. The predicted octanol–water partition coefficient (Wildman–Crippen LogP) is 2.56. The van der Waals surface area contributed by atoms with E-state index in [1.165, 1.54) is 6.20 Å². The van der Waals surface area contributed by atoms with Gasteiger partial charge >= 0.3 is 0 Å². The van der Waals surface area contributed by atoms with Crippen LogP contribution in [0.15, 0.2) is 36.7 Å². The third-order valence-electron chi connectivity index (χ3n) is 2.97. The first-order valence-corrected chi connectivity index (χ1v) is 6.83. The van der Waals surface area contributed by atoms with Crippen molar-refractivity contribution in [1.29, 1.82) is 0 Å². The van der Waals surface area contributed by atoms with Gasteiger partial charge in [0, 0.05) is 24.9 Å². The maximum atomic E-state index is 12.0. The molecular formula is C15H16ClN3O2. The highest BCUT2D eigenvalue weighted by atomic mass is 35.5. The van der Waals surface area contributed by atoms with Gasteiger partial charge in [-0.2, -0.15) is 0 Å². The number of aryl methyl sites for hydroxylation is 1. The molecule has 2 rings (SSSR count). The molecule has 1 heterocycles. The van der Waals surface area contributed by atoms with Crippen LogP contribution in [0, 0.1) is 6.92 Å². The van der Waals surface area contributed by atoms with E-state index in [9.17, 15) is 4.79 Å². The van der Waals surface area contributed by atoms with Gasteiger partial charge in [-0.3, -0.25) is 9.78 Å². The van der Waals surface area contributed by atoms with Gasteiger partial charge in [-0.05, 0) is 24.6 Å². The fourth-order valence-corrected chi connectivity index (χ4v) is 2.03. The Balaban J connectivity index is 2.00. The van der Waals surface area contributed by atoms with E-state index < -0.39 is 0 Å². The van der Waals surface area contributed by atoms with Crippen LogP contribution in [0.2, 0.25) is 5.02 Å². The molecular weight excluding hydrogens is 290 g/mol. The Morgan fingerprint density at radius 3 is 2.81 bits per heavy atom. The molecule has 1 atom stereocenters. The molecule has 21 heavy (non-hydrogen) atoms. The third-order valence-corrected chi connectivity index (χ3v) is 3.20. The molecule has 0 aliphatic heterocycles. The van der Waals surface area contributed by atoms with E-state index in [0.29, 0.717) is 11.6 Å². The van der Waals surface area contributed by atoms with Crippen LogP contribution in [-0.2, 0) is 4.74 Å². The Kier molecular flexibility index (Phi) is 5.25. The van der Waals surface area contributed by atoms with Crippen LogP contribution in [0.3, 0.4) is 0 Å². The fraction of sp³-hybridized carbons (Fsp3) is 0.267. The molecule has 110 valence electrons. The molecule has 1 N–H and O–H groups in total. The molecule has 0 bridgehead atoms. The van der Waals surface area contributed by atoms with Crippen molar-refractivity contribution in [3.8, 4) is 0 Å². The predicted molar refractivity (Wildman–Crippen MR) is 80.3 cm³/mol. The smallest absolute Gasteiger partial charge is 0.271 e. The molecule has 0 saturated carbocycles. The molecule has 0 saturated heterocycles. The van der Waals surface area contributed by atoms with Gasteiger partial charge in [0.05, 0.1) is 18.0 Å². The number of ether oxygens (including phenoxy) is 1. The number of nitrogens with zero attached hydrogens (tertiary/aromatic N) is 2. The van der Waals surface area contributed by atoms with E-state index >= 15 is 0 Å². The second-order valence-corrected chi connectivity index (χ2v) is 4.97. The van der Waals surface area contributed by atoms with Gasteiger partial charge in [0.2, 0.25) is 0 Å². The number of amides is 1. The number of methoxy groups -OCH3 is 1. The average Bonchev–Trinajstić information content (AvgIpc) is 2.48. The van der Waals surface area contributed by atoms with Crippen molar-refractivity contribution < 1.29 is 9.53 Å². The lowest BCUT2D eigenvalue weighted by atomic mass is 10.1. The van der Waals surface area contributed by atoms with Gasteiger partial charge in [0.15, 0.2) is 0 Å². The van der Waals surface area contributed by atoms with Crippen molar-refractivity contribution >= 4 is 17.5 Å². The summed E-state index contributed by atoms with van der Waals surface area (Å²) in [4.78, 5) is 20.1. The van der Waals surface area contributed by atoms with Crippen LogP contribution < -0.4 is 5.32 Å². The highest BCUT2D eigenvalue weighted by Gasteiger charge is 2.14. The SMILES string of the molecule is CO[C@H](CNC(=O)c1cnc(C)cn1)c1cccc(Cl)c1. The van der Waals surface area contributed by atoms with Gasteiger partial charge in [-0.1, -0.05) is 23.7 Å². The summed E-state index contributed by atoms with van der Waals surface area (Å²) in [5.41, 5.74) is 1.95. The zero-order chi connectivity index (χ0) is 15.2. The summed E-state index contributed by atoms with van der Waals surface area (Å²) in [5, 5.41) is 3.41. The molecule has 1 aromatic heterocycles. The Hall–Kier alpha value is -1.98. The molecule has 2 aromatic rings. The van der Waals surface area contributed by atoms with Crippen LogP contribution in [0.5, 0.6) is 0 Å². The van der Waals surface area contributed by atoms with Crippen molar-refractivity contribution in [3.63, 3.8) is 0 Å². The Labute approximate surface area is 128 Å². The number of rotatable bonds is 5. The summed E-state index contributed by atoms with van der Waals surface area (Å²) < 4.78 is 5.39. The summed E-state index contributed by atoms with van der Waals surface area (Å²) in [6, 6.07) is 7.35. The first kappa shape index (κ1) is 15.4. The van der Waals surface area contributed by atoms with E-state index in [-0.39, 0.29) is 17.7 Å². The second kappa shape index (κ2) is 7.15. The normalized spacial score (nSPS) is 12.0. The highest BCUT2D eigenvalue weighted by molar-refractivity contribution is 6.30. The van der Waals surface area contributed by atoms with Crippen molar-refractivity contribution in [2.45, 2.75) is 13.0 Å². The van der Waals surface area contributed by atoms with Gasteiger partial charge in [0.25, 0.3) is 5.91 Å². The standard InChI is InChI=1S/C15H16ClN3O2/c1-10-7-18-13(8-17-10)15(20)19-9-14(21-2)11-4-3-5-12(16)6-11/h3-8,14H,9H2,1-2H3,(H,19,20)/t14-/m1/s1. The number of hydrogen-bond acceptors (Lipinski definition) is 4. The van der Waals surface area contributed by atoms with Crippen molar-refractivity contribution in [2.75, 3.05) is 13.7 Å². The molecule has 5 nitrogen and oxygen atoms in total. The maximum Gasteiger partial charge on any atom is 0.271 e. The summed E-state index contributed by atoms with van der Waals surface area (Å²) in [5.74, 6) is -0.286. The second-order valence-electron chi connectivity index (χ2n) is 4.53. The van der Waals surface area contributed by atoms with Crippen LogP contribution in [-0.4, -0.2) is 29.5 Å². The quantitative estimate of drug-likeness (QED) is 0.922. The van der Waals surface area contributed by atoms with Crippen LogP contribution in [0.4, 0.5) is 0 Å². The average molecular weight is 306 g/mol. The van der Waals surface area contributed by atoms with E-state index in [4.69, 9.17) is 16.3 Å². The molecule has 0 fully saturated rings. The molecule has 0 radical (unpaired) electrons. The van der Waals surface area contributed by atoms with Crippen molar-refractivity contribution in [3.05, 3.63) is 58.6 Å². The van der Waals surface area contributed by atoms with E-state index in [1.54, 1.807) is 19.4 Å². The van der Waals surface area contributed by atoms with Crippen molar-refractivity contribution in [2.24, 2.45) is 0 Å². The van der Waals surface area contributed by atoms with Crippen LogP contribution in [0.1, 0.15) is 27.8 Å². The molecule has 6 heteroatoms. The minimum absolute atomic E-state index is 0.272. The van der Waals surface area contributed by atoms with Crippen LogP contribution >= 0.6 is 11.6 Å². The highest BCUT2D eigenvalue weighted by Crippen LogP contribution is 2.19. The molecule has 1 aromatic carbocycles. The summed E-state index contributed by atoms with van der Waals surface area (Å²) >= 11 is 5.96. The number of halogens is 1. The number of carbonyl (C=O) groups is 1. The van der Waals surface area contributed by atoms with E-state index in [2.05, 4.69) is 15.3 Å². The lowest BCUT2D eigenvalue weighted by Crippen LogP contribution is -2.29. The Bertz CT molecular complexity index is 617. The van der Waals surface area contributed by atoms with Gasteiger partial charge in [-0.15, -0.1) is 0 Å². The fourth-order valence-electron chi connectivity index (χ4n) is 1.83. The number of carbonyl (C=O) groups excluding carboxylic acids is 1. The number of benzene rings is 1. The lowest BCUT2D eigenvalue weighted by Gasteiger charge is -2.16. The Morgan fingerprint density at radius 1 is 1.38 bits per heavy atom. The first-order valence-electron chi connectivity index (χ1n) is 6.45. The molecule has 1 amide bonds. The van der Waals surface area contributed by atoms with Crippen molar-refractivity contribution in [1.82, 2.24) is 15.3 Å². The zero-order valence-electron chi connectivity index (χ0n) is 11.8. The monoisotopic (exact) mass is 305 g/mol. The van der Waals surface area contributed by atoms with E-state index in [0.717, 1.165) is 11.3 Å². The molecule has 0 aliphatic rings.